The molecule has 1 saturated heterocycles. The van der Waals surface area contributed by atoms with Gasteiger partial charge in [-0.1, -0.05) is 19.1 Å². The topological polar surface area (TPSA) is 3.24 Å². The maximum atomic E-state index is 13.8. The largest absolute Gasteiger partial charge is 0.304 e. The quantitative estimate of drug-likeness (QED) is 0.740. The van der Waals surface area contributed by atoms with Crippen LogP contribution in [0.15, 0.2) is 18.2 Å². The van der Waals surface area contributed by atoms with E-state index >= 15 is 0 Å². The molecule has 0 N–H and O–H groups in total. The van der Waals surface area contributed by atoms with Gasteiger partial charge in [0.1, 0.15) is 5.82 Å². The van der Waals surface area contributed by atoms with Crippen molar-refractivity contribution in [2.45, 2.75) is 32.6 Å². The second-order valence-corrected chi connectivity index (χ2v) is 4.73. The van der Waals surface area contributed by atoms with Crippen LogP contribution in [-0.2, 0) is 0 Å². The standard InChI is InChI=1S/C14H20FN/c1-3-16-8-6-12(7-9-16)13-5-4-11(2)10-14(13)15/h4-5,10,12H,3,6-9H2,1-2H3. The molecule has 0 unspecified atom stereocenters. The number of rotatable bonds is 2. The van der Waals surface area contributed by atoms with E-state index in [9.17, 15) is 4.39 Å². The van der Waals surface area contributed by atoms with Crippen molar-refractivity contribution < 1.29 is 4.39 Å². The fraction of sp³-hybridized carbons (Fsp3) is 0.571. The molecule has 1 fully saturated rings. The predicted octanol–water partition coefficient (Wildman–Crippen LogP) is 3.33. The maximum absolute atomic E-state index is 13.8. The van der Waals surface area contributed by atoms with E-state index in [1.54, 1.807) is 6.07 Å². The first-order valence-electron chi connectivity index (χ1n) is 6.19. The Morgan fingerprint density at radius 3 is 2.56 bits per heavy atom. The van der Waals surface area contributed by atoms with Gasteiger partial charge < -0.3 is 4.90 Å². The van der Waals surface area contributed by atoms with Gasteiger partial charge >= 0.3 is 0 Å². The second-order valence-electron chi connectivity index (χ2n) is 4.73. The first kappa shape index (κ1) is 11.6. The number of benzene rings is 1. The molecular formula is C14H20FN. The summed E-state index contributed by atoms with van der Waals surface area (Å²) in [5, 5.41) is 0. The monoisotopic (exact) mass is 221 g/mol. The van der Waals surface area contributed by atoms with Crippen molar-refractivity contribution in [1.82, 2.24) is 4.90 Å². The first-order chi connectivity index (χ1) is 7.70. The average molecular weight is 221 g/mol. The summed E-state index contributed by atoms with van der Waals surface area (Å²) in [6.07, 6.45) is 2.18. The second kappa shape index (κ2) is 4.96. The first-order valence-corrected chi connectivity index (χ1v) is 6.19. The van der Waals surface area contributed by atoms with E-state index in [4.69, 9.17) is 0 Å². The highest BCUT2D eigenvalue weighted by molar-refractivity contribution is 5.26. The summed E-state index contributed by atoms with van der Waals surface area (Å²) in [5.74, 6) is 0.401. The van der Waals surface area contributed by atoms with Crippen LogP contribution in [0.5, 0.6) is 0 Å². The summed E-state index contributed by atoms with van der Waals surface area (Å²) in [7, 11) is 0. The van der Waals surface area contributed by atoms with Gasteiger partial charge in [-0.15, -0.1) is 0 Å². The van der Waals surface area contributed by atoms with Crippen LogP contribution in [-0.4, -0.2) is 24.5 Å². The molecule has 0 bridgehead atoms. The summed E-state index contributed by atoms with van der Waals surface area (Å²) in [4.78, 5) is 2.43. The fourth-order valence-corrected chi connectivity index (χ4v) is 2.52. The summed E-state index contributed by atoms with van der Waals surface area (Å²) in [5.41, 5.74) is 1.92. The molecule has 1 aliphatic rings. The van der Waals surface area contributed by atoms with Gasteiger partial charge in [-0.2, -0.15) is 0 Å². The van der Waals surface area contributed by atoms with Crippen LogP contribution in [0, 0.1) is 12.7 Å². The lowest BCUT2D eigenvalue weighted by Crippen LogP contribution is -2.32. The predicted molar refractivity (Wildman–Crippen MR) is 65.2 cm³/mol. The number of piperidine rings is 1. The molecule has 1 aromatic rings. The van der Waals surface area contributed by atoms with Crippen molar-refractivity contribution in [3.63, 3.8) is 0 Å². The van der Waals surface area contributed by atoms with Crippen LogP contribution >= 0.6 is 0 Å². The van der Waals surface area contributed by atoms with Gasteiger partial charge in [-0.05, 0) is 62.5 Å². The summed E-state index contributed by atoms with van der Waals surface area (Å²) in [6, 6.07) is 5.64. The molecule has 16 heavy (non-hydrogen) atoms. The molecule has 1 aromatic carbocycles. The number of halogens is 1. The van der Waals surface area contributed by atoms with Crippen molar-refractivity contribution in [2.75, 3.05) is 19.6 Å². The van der Waals surface area contributed by atoms with Gasteiger partial charge in [0.25, 0.3) is 0 Å². The van der Waals surface area contributed by atoms with Crippen LogP contribution in [0.2, 0.25) is 0 Å². The molecule has 1 heterocycles. The van der Waals surface area contributed by atoms with Gasteiger partial charge in [-0.3, -0.25) is 0 Å². The van der Waals surface area contributed by atoms with Crippen LogP contribution in [0.3, 0.4) is 0 Å². The Morgan fingerprint density at radius 2 is 2.00 bits per heavy atom. The van der Waals surface area contributed by atoms with Crippen LogP contribution in [0.25, 0.3) is 0 Å². The molecule has 0 amide bonds. The third kappa shape index (κ3) is 2.43. The zero-order chi connectivity index (χ0) is 11.5. The van der Waals surface area contributed by atoms with Crippen LogP contribution in [0.4, 0.5) is 4.39 Å². The van der Waals surface area contributed by atoms with E-state index in [0.717, 1.165) is 43.6 Å². The molecular weight excluding hydrogens is 201 g/mol. The summed E-state index contributed by atoms with van der Waals surface area (Å²) < 4.78 is 13.8. The number of aryl methyl sites for hydroxylation is 1. The van der Waals surface area contributed by atoms with E-state index in [0.29, 0.717) is 5.92 Å². The number of likely N-dealkylation sites (tertiary alicyclic amines) is 1. The van der Waals surface area contributed by atoms with Gasteiger partial charge in [0.15, 0.2) is 0 Å². The molecule has 0 radical (unpaired) electrons. The highest BCUT2D eigenvalue weighted by atomic mass is 19.1. The normalized spacial score (nSPS) is 18.9. The summed E-state index contributed by atoms with van der Waals surface area (Å²) in [6.45, 7) is 7.45. The van der Waals surface area contributed by atoms with Crippen molar-refractivity contribution in [3.8, 4) is 0 Å². The Labute approximate surface area is 97.3 Å². The highest BCUT2D eigenvalue weighted by Gasteiger charge is 2.21. The molecule has 2 heteroatoms. The fourth-order valence-electron chi connectivity index (χ4n) is 2.52. The Balaban J connectivity index is 2.08. The average Bonchev–Trinajstić information content (AvgIpc) is 2.29. The van der Waals surface area contributed by atoms with Crippen LogP contribution < -0.4 is 0 Å². The van der Waals surface area contributed by atoms with Crippen molar-refractivity contribution >= 4 is 0 Å². The zero-order valence-corrected chi connectivity index (χ0v) is 10.2. The third-order valence-electron chi connectivity index (χ3n) is 3.63. The lowest BCUT2D eigenvalue weighted by Gasteiger charge is -2.31. The highest BCUT2D eigenvalue weighted by Crippen LogP contribution is 2.29. The zero-order valence-electron chi connectivity index (χ0n) is 10.2. The minimum absolute atomic E-state index is 0.0186. The van der Waals surface area contributed by atoms with Gasteiger partial charge in [0.05, 0.1) is 0 Å². The number of hydrogen-bond acceptors (Lipinski definition) is 1. The molecule has 0 spiro atoms. The molecule has 2 rings (SSSR count). The van der Waals surface area contributed by atoms with Crippen LogP contribution in [0.1, 0.15) is 36.8 Å². The van der Waals surface area contributed by atoms with E-state index < -0.39 is 0 Å². The van der Waals surface area contributed by atoms with Crippen molar-refractivity contribution in [2.24, 2.45) is 0 Å². The third-order valence-corrected chi connectivity index (χ3v) is 3.63. The van der Waals surface area contributed by atoms with Gasteiger partial charge in [0.2, 0.25) is 0 Å². The number of hydrogen-bond donors (Lipinski definition) is 0. The molecule has 0 aromatic heterocycles. The molecule has 1 aliphatic heterocycles. The molecule has 88 valence electrons. The van der Waals surface area contributed by atoms with Gasteiger partial charge in [0, 0.05) is 0 Å². The lowest BCUT2D eigenvalue weighted by molar-refractivity contribution is 0.220. The summed E-state index contributed by atoms with van der Waals surface area (Å²) >= 11 is 0. The number of nitrogens with zero attached hydrogens (tertiary/aromatic N) is 1. The lowest BCUT2D eigenvalue weighted by atomic mass is 9.88. The Kier molecular flexibility index (Phi) is 3.59. The van der Waals surface area contributed by atoms with Crippen molar-refractivity contribution in [1.29, 1.82) is 0 Å². The molecule has 0 atom stereocenters. The van der Waals surface area contributed by atoms with E-state index in [1.165, 1.54) is 0 Å². The van der Waals surface area contributed by atoms with E-state index in [1.807, 2.05) is 19.1 Å². The molecule has 1 nitrogen and oxygen atoms in total. The minimum atomic E-state index is -0.0186. The molecule has 0 saturated carbocycles. The Morgan fingerprint density at radius 1 is 1.31 bits per heavy atom. The van der Waals surface area contributed by atoms with E-state index in [2.05, 4.69) is 11.8 Å². The van der Waals surface area contributed by atoms with E-state index in [-0.39, 0.29) is 5.82 Å². The van der Waals surface area contributed by atoms with Crippen molar-refractivity contribution in [3.05, 3.63) is 35.1 Å². The Bertz CT molecular complexity index is 354. The minimum Gasteiger partial charge on any atom is -0.304 e. The maximum Gasteiger partial charge on any atom is 0.126 e. The smallest absolute Gasteiger partial charge is 0.126 e. The van der Waals surface area contributed by atoms with Gasteiger partial charge in [-0.25, -0.2) is 4.39 Å². The Hall–Kier alpha value is -0.890. The SMILES string of the molecule is CCN1CCC(c2ccc(C)cc2F)CC1. The molecule has 0 aliphatic carbocycles.